The van der Waals surface area contributed by atoms with E-state index in [1.807, 2.05) is 30.3 Å². The van der Waals surface area contributed by atoms with Gasteiger partial charge in [-0.3, -0.25) is 9.69 Å². The average molecular weight is 331 g/mol. The summed E-state index contributed by atoms with van der Waals surface area (Å²) in [4.78, 5) is 24.6. The molecular weight excluding hydrogens is 310 g/mol. The second-order valence-electron chi connectivity index (χ2n) is 5.95. The van der Waals surface area contributed by atoms with Gasteiger partial charge in [-0.25, -0.2) is 4.79 Å². The molecule has 0 radical (unpaired) electrons. The first-order chi connectivity index (χ1) is 11.6. The summed E-state index contributed by atoms with van der Waals surface area (Å²) < 4.78 is 5.11. The van der Waals surface area contributed by atoms with E-state index in [9.17, 15) is 14.7 Å². The van der Waals surface area contributed by atoms with Crippen LogP contribution >= 0.6 is 0 Å². The maximum absolute atomic E-state index is 12.0. The summed E-state index contributed by atoms with van der Waals surface area (Å²) in [6.07, 6.45) is 1.61. The average Bonchev–Trinajstić information content (AvgIpc) is 3.20. The van der Waals surface area contributed by atoms with Gasteiger partial charge in [0.05, 0.1) is 12.6 Å². The molecule has 2 atom stereocenters. The lowest BCUT2D eigenvalue weighted by Gasteiger charge is -2.21. The van der Waals surface area contributed by atoms with Gasteiger partial charge < -0.3 is 20.5 Å². The second kappa shape index (κ2) is 7.02. The molecule has 1 saturated heterocycles. The molecule has 3 rings (SSSR count). The Morgan fingerprint density at radius 1 is 1.42 bits per heavy atom. The van der Waals surface area contributed by atoms with E-state index in [-0.39, 0.29) is 31.2 Å². The molecule has 24 heavy (non-hydrogen) atoms. The molecule has 2 heterocycles. The van der Waals surface area contributed by atoms with Gasteiger partial charge in [0, 0.05) is 31.7 Å². The Morgan fingerprint density at radius 2 is 2.17 bits per heavy atom. The number of hydrogen-bond acceptors (Lipinski definition) is 5. The molecule has 0 aliphatic carbocycles. The van der Waals surface area contributed by atoms with Crippen LogP contribution in [0.2, 0.25) is 0 Å². The number of amides is 2. The Hall–Kier alpha value is -2.38. The van der Waals surface area contributed by atoms with E-state index in [1.54, 1.807) is 4.90 Å². The van der Waals surface area contributed by atoms with E-state index in [2.05, 4.69) is 10.6 Å². The first kappa shape index (κ1) is 16.5. The number of benzene rings is 1. The monoisotopic (exact) mass is 331 g/mol. The molecule has 1 aromatic carbocycles. The van der Waals surface area contributed by atoms with Crippen LogP contribution in [0.5, 0.6) is 0 Å². The molecule has 7 heteroatoms. The lowest BCUT2D eigenvalue weighted by Crippen LogP contribution is -2.42. The molecule has 0 saturated carbocycles. The van der Waals surface area contributed by atoms with Crippen molar-refractivity contribution >= 4 is 23.3 Å². The highest BCUT2D eigenvalue weighted by molar-refractivity contribution is 5.90. The van der Waals surface area contributed by atoms with Gasteiger partial charge in [0.2, 0.25) is 5.91 Å². The van der Waals surface area contributed by atoms with E-state index < -0.39 is 6.09 Å². The normalized spacial score (nSPS) is 23.2. The summed E-state index contributed by atoms with van der Waals surface area (Å²) in [7, 11) is 0. The van der Waals surface area contributed by atoms with Crippen LogP contribution in [0.25, 0.3) is 5.57 Å². The zero-order valence-electron chi connectivity index (χ0n) is 13.5. The first-order valence-electron chi connectivity index (χ1n) is 7.94. The number of aliphatic hydroxyl groups is 1. The number of ether oxygens (including phenoxy) is 1. The van der Waals surface area contributed by atoms with E-state index in [0.717, 1.165) is 16.8 Å². The number of carbonyl (C=O) groups excluding carboxylic acids is 2. The first-order valence-corrected chi connectivity index (χ1v) is 7.94. The zero-order valence-corrected chi connectivity index (χ0v) is 13.5. The molecule has 1 aromatic rings. The Bertz CT molecular complexity index is 656. The minimum atomic E-state index is -0.403. The second-order valence-corrected chi connectivity index (χ2v) is 5.95. The van der Waals surface area contributed by atoms with Crippen LogP contribution in [0.3, 0.4) is 0 Å². The van der Waals surface area contributed by atoms with Crippen molar-refractivity contribution in [3.63, 3.8) is 0 Å². The SMILES string of the molecule is CC(=O)NCC1COC(=O)N1c1ccc(C2=C[C@@H](CO)NC2)cc1. The van der Waals surface area contributed by atoms with Crippen molar-refractivity contribution in [2.75, 3.05) is 31.2 Å². The molecule has 2 aliphatic rings. The number of anilines is 1. The van der Waals surface area contributed by atoms with Crippen molar-refractivity contribution in [1.82, 2.24) is 10.6 Å². The third kappa shape index (κ3) is 3.42. The zero-order chi connectivity index (χ0) is 17.1. The van der Waals surface area contributed by atoms with Gasteiger partial charge in [0.1, 0.15) is 6.61 Å². The van der Waals surface area contributed by atoms with Gasteiger partial charge in [0.25, 0.3) is 0 Å². The number of aliphatic hydroxyl groups excluding tert-OH is 1. The summed E-state index contributed by atoms with van der Waals surface area (Å²) in [5.74, 6) is -0.135. The van der Waals surface area contributed by atoms with Gasteiger partial charge in [-0.2, -0.15) is 0 Å². The fraction of sp³-hybridized carbons (Fsp3) is 0.412. The predicted molar refractivity (Wildman–Crippen MR) is 89.6 cm³/mol. The van der Waals surface area contributed by atoms with E-state index >= 15 is 0 Å². The van der Waals surface area contributed by atoms with E-state index in [0.29, 0.717) is 13.1 Å². The maximum atomic E-state index is 12.0. The van der Waals surface area contributed by atoms with Crippen molar-refractivity contribution in [2.45, 2.75) is 19.0 Å². The van der Waals surface area contributed by atoms with Gasteiger partial charge in [-0.05, 0) is 23.3 Å². The topological polar surface area (TPSA) is 90.9 Å². The predicted octanol–water partition coefficient (Wildman–Crippen LogP) is 0.495. The van der Waals surface area contributed by atoms with Crippen LogP contribution in [0.15, 0.2) is 30.3 Å². The highest BCUT2D eigenvalue weighted by Crippen LogP contribution is 2.26. The maximum Gasteiger partial charge on any atom is 0.414 e. The number of nitrogens with one attached hydrogen (secondary N) is 2. The summed E-state index contributed by atoms with van der Waals surface area (Å²) >= 11 is 0. The highest BCUT2D eigenvalue weighted by atomic mass is 16.6. The summed E-state index contributed by atoms with van der Waals surface area (Å²) in [5.41, 5.74) is 2.91. The van der Waals surface area contributed by atoms with Crippen molar-refractivity contribution in [1.29, 1.82) is 0 Å². The number of rotatable bonds is 5. The minimum absolute atomic E-state index is 0.00438. The van der Waals surface area contributed by atoms with Crippen LogP contribution in [0, 0.1) is 0 Å². The Kier molecular flexibility index (Phi) is 4.82. The lowest BCUT2D eigenvalue weighted by molar-refractivity contribution is -0.119. The summed E-state index contributed by atoms with van der Waals surface area (Å²) in [5, 5.41) is 15.1. The van der Waals surface area contributed by atoms with Crippen LogP contribution < -0.4 is 15.5 Å². The number of nitrogens with zero attached hydrogens (tertiary/aromatic N) is 1. The van der Waals surface area contributed by atoms with Crippen LogP contribution in [0.1, 0.15) is 12.5 Å². The highest BCUT2D eigenvalue weighted by Gasteiger charge is 2.34. The van der Waals surface area contributed by atoms with Gasteiger partial charge in [-0.1, -0.05) is 18.2 Å². The quantitative estimate of drug-likeness (QED) is 0.731. The molecule has 7 nitrogen and oxygen atoms in total. The molecule has 0 bridgehead atoms. The number of hydrogen-bond donors (Lipinski definition) is 3. The lowest BCUT2D eigenvalue weighted by atomic mass is 10.1. The third-order valence-electron chi connectivity index (χ3n) is 4.22. The molecule has 2 aliphatic heterocycles. The summed E-state index contributed by atoms with van der Waals surface area (Å²) in [6.45, 7) is 2.84. The standard InChI is InChI=1S/C17H21N3O4/c1-11(22)18-8-16-10-24-17(23)20(16)15-4-2-12(3-5-15)13-6-14(9-21)19-7-13/h2-6,14,16,19,21H,7-10H2,1H3,(H,18,22)/t14-,16?/m0/s1. The molecular formula is C17H21N3O4. The van der Waals surface area contributed by atoms with Crippen molar-refractivity contribution in [3.05, 3.63) is 35.9 Å². The van der Waals surface area contributed by atoms with Crippen LogP contribution in [0.4, 0.5) is 10.5 Å². The van der Waals surface area contributed by atoms with Crippen molar-refractivity contribution in [2.24, 2.45) is 0 Å². The molecule has 2 amide bonds. The molecule has 0 aromatic heterocycles. The van der Waals surface area contributed by atoms with Gasteiger partial charge in [-0.15, -0.1) is 0 Å². The van der Waals surface area contributed by atoms with Crippen LogP contribution in [-0.4, -0.2) is 55.5 Å². The fourth-order valence-electron chi connectivity index (χ4n) is 2.94. The van der Waals surface area contributed by atoms with Crippen LogP contribution in [-0.2, 0) is 9.53 Å². The Labute approximate surface area is 140 Å². The van der Waals surface area contributed by atoms with Crippen molar-refractivity contribution in [3.8, 4) is 0 Å². The molecule has 3 N–H and O–H groups in total. The number of cyclic esters (lactones) is 1. The molecule has 128 valence electrons. The van der Waals surface area contributed by atoms with Gasteiger partial charge >= 0.3 is 6.09 Å². The summed E-state index contributed by atoms with van der Waals surface area (Å²) in [6, 6.07) is 7.42. The number of carbonyl (C=O) groups is 2. The largest absolute Gasteiger partial charge is 0.447 e. The molecule has 0 spiro atoms. The Balaban J connectivity index is 1.74. The molecule has 1 fully saturated rings. The Morgan fingerprint density at radius 3 is 2.79 bits per heavy atom. The molecule has 1 unspecified atom stereocenters. The minimum Gasteiger partial charge on any atom is -0.447 e. The van der Waals surface area contributed by atoms with E-state index in [1.165, 1.54) is 6.92 Å². The van der Waals surface area contributed by atoms with E-state index in [4.69, 9.17) is 4.74 Å². The third-order valence-corrected chi connectivity index (χ3v) is 4.22. The van der Waals surface area contributed by atoms with Gasteiger partial charge in [0.15, 0.2) is 0 Å². The smallest absolute Gasteiger partial charge is 0.414 e. The fourth-order valence-corrected chi connectivity index (χ4v) is 2.94. The van der Waals surface area contributed by atoms with Crippen molar-refractivity contribution < 1.29 is 19.4 Å².